The Labute approximate surface area is 123 Å². The van der Waals surface area contributed by atoms with Gasteiger partial charge in [0.05, 0.1) is 4.90 Å². The first kappa shape index (κ1) is 15.0. The fourth-order valence-corrected chi connectivity index (χ4v) is 4.49. The van der Waals surface area contributed by atoms with Crippen LogP contribution in [0.15, 0.2) is 27.6 Å². The lowest BCUT2D eigenvalue weighted by atomic mass is 10.2. The number of hydrogen-bond acceptors (Lipinski definition) is 3. The van der Waals surface area contributed by atoms with Gasteiger partial charge in [-0.2, -0.15) is 4.31 Å². The minimum absolute atomic E-state index is 0.0941. The van der Waals surface area contributed by atoms with Crippen molar-refractivity contribution in [3.05, 3.63) is 28.2 Å². The average Bonchev–Trinajstić information content (AvgIpc) is 3.17. The van der Waals surface area contributed by atoms with Crippen LogP contribution in [0.25, 0.3) is 0 Å². The molecule has 0 bridgehead atoms. The largest absolute Gasteiger partial charge is 0.329 e. The molecule has 1 aliphatic carbocycles. The molecule has 0 spiro atoms. The minimum Gasteiger partial charge on any atom is -0.329 e. The predicted molar refractivity (Wildman–Crippen MR) is 79.4 cm³/mol. The van der Waals surface area contributed by atoms with E-state index in [0.717, 1.165) is 22.9 Å². The summed E-state index contributed by atoms with van der Waals surface area (Å²) in [5.41, 5.74) is 6.49. The zero-order chi connectivity index (χ0) is 14.2. The third-order valence-electron chi connectivity index (χ3n) is 3.68. The Morgan fingerprint density at radius 1 is 1.47 bits per heavy atom. The smallest absolute Gasteiger partial charge is 0.243 e. The summed E-state index contributed by atoms with van der Waals surface area (Å²) in [5, 5.41) is 0. The van der Waals surface area contributed by atoms with Crippen LogP contribution in [0, 0.1) is 12.8 Å². The Hall–Kier alpha value is -0.430. The van der Waals surface area contributed by atoms with Crippen LogP contribution >= 0.6 is 15.9 Å². The maximum atomic E-state index is 12.7. The molecular formula is C13H19BrN2O2S. The highest BCUT2D eigenvalue weighted by Gasteiger charge is 2.38. The van der Waals surface area contributed by atoms with Crippen LogP contribution in [0.3, 0.4) is 0 Å². The molecule has 1 unspecified atom stereocenters. The highest BCUT2D eigenvalue weighted by molar-refractivity contribution is 9.10. The van der Waals surface area contributed by atoms with Crippen LogP contribution in [-0.2, 0) is 10.0 Å². The van der Waals surface area contributed by atoms with E-state index in [4.69, 9.17) is 5.73 Å². The second kappa shape index (κ2) is 5.52. The van der Waals surface area contributed by atoms with E-state index in [2.05, 4.69) is 15.9 Å². The number of hydrogen-bond donors (Lipinski definition) is 1. The molecule has 19 heavy (non-hydrogen) atoms. The van der Waals surface area contributed by atoms with E-state index >= 15 is 0 Å². The number of nitrogens with two attached hydrogens (primary N) is 1. The van der Waals surface area contributed by atoms with Crippen molar-refractivity contribution in [1.82, 2.24) is 4.31 Å². The van der Waals surface area contributed by atoms with E-state index in [1.165, 1.54) is 4.31 Å². The Morgan fingerprint density at radius 3 is 2.63 bits per heavy atom. The fourth-order valence-electron chi connectivity index (χ4n) is 2.30. The van der Waals surface area contributed by atoms with Gasteiger partial charge in [0.15, 0.2) is 0 Å². The van der Waals surface area contributed by atoms with Gasteiger partial charge in [-0.1, -0.05) is 22.0 Å². The van der Waals surface area contributed by atoms with Gasteiger partial charge in [-0.3, -0.25) is 0 Å². The second-order valence-electron chi connectivity index (χ2n) is 5.07. The topological polar surface area (TPSA) is 63.4 Å². The van der Waals surface area contributed by atoms with Gasteiger partial charge in [0.1, 0.15) is 0 Å². The van der Waals surface area contributed by atoms with Crippen molar-refractivity contribution in [3.8, 4) is 0 Å². The monoisotopic (exact) mass is 346 g/mol. The highest BCUT2D eigenvalue weighted by atomic mass is 79.9. The normalized spacial score (nSPS) is 17.7. The molecule has 0 aromatic heterocycles. The molecule has 0 amide bonds. The van der Waals surface area contributed by atoms with E-state index in [-0.39, 0.29) is 6.04 Å². The molecule has 0 heterocycles. The summed E-state index contributed by atoms with van der Waals surface area (Å²) in [5.74, 6) is 0.414. The number of benzene rings is 1. The fraction of sp³-hybridized carbons (Fsp3) is 0.538. The molecule has 1 aliphatic rings. The Morgan fingerprint density at radius 2 is 2.11 bits per heavy atom. The van der Waals surface area contributed by atoms with Crippen LogP contribution in [-0.4, -0.2) is 32.4 Å². The maximum Gasteiger partial charge on any atom is 0.243 e. The van der Waals surface area contributed by atoms with Gasteiger partial charge in [0.2, 0.25) is 10.0 Å². The lowest BCUT2D eigenvalue weighted by molar-refractivity contribution is 0.340. The first-order valence-corrected chi connectivity index (χ1v) is 8.55. The summed E-state index contributed by atoms with van der Waals surface area (Å²) in [6.07, 6.45) is 2.14. The molecule has 0 radical (unpaired) electrons. The molecule has 2 rings (SSSR count). The summed E-state index contributed by atoms with van der Waals surface area (Å²) in [4.78, 5) is 0.350. The molecule has 1 atom stereocenters. The second-order valence-corrected chi connectivity index (χ2v) is 7.95. The standard InChI is InChI=1S/C13H19BrN2O2S/c1-9-3-6-11(14)7-13(9)19(17,18)16(2)12(8-15)10-4-5-10/h3,6-7,10,12H,4-5,8,15H2,1-2H3. The van der Waals surface area contributed by atoms with Crippen molar-refractivity contribution < 1.29 is 8.42 Å². The molecule has 4 nitrogen and oxygen atoms in total. The molecule has 1 aromatic rings. The van der Waals surface area contributed by atoms with Crippen LogP contribution in [0.2, 0.25) is 0 Å². The maximum absolute atomic E-state index is 12.7. The summed E-state index contributed by atoms with van der Waals surface area (Å²) >= 11 is 3.33. The third-order valence-corrected chi connectivity index (χ3v) is 6.20. The van der Waals surface area contributed by atoms with Gasteiger partial charge in [-0.15, -0.1) is 0 Å². The minimum atomic E-state index is -3.49. The Bertz CT molecular complexity index is 570. The van der Waals surface area contributed by atoms with Crippen LogP contribution in [0.1, 0.15) is 18.4 Å². The predicted octanol–water partition coefficient (Wildman–Crippen LogP) is 2.12. The van der Waals surface area contributed by atoms with E-state index in [1.54, 1.807) is 19.2 Å². The first-order chi connectivity index (χ1) is 8.87. The summed E-state index contributed by atoms with van der Waals surface area (Å²) < 4.78 is 27.6. The van der Waals surface area contributed by atoms with Crippen LogP contribution < -0.4 is 5.73 Å². The van der Waals surface area contributed by atoms with Gasteiger partial charge in [0, 0.05) is 24.1 Å². The molecule has 1 aromatic carbocycles. The molecule has 0 aliphatic heterocycles. The number of sulfonamides is 1. The Kier molecular flexibility index (Phi) is 4.35. The highest BCUT2D eigenvalue weighted by Crippen LogP contribution is 2.36. The lowest BCUT2D eigenvalue weighted by Gasteiger charge is -2.27. The molecule has 1 fully saturated rings. The molecule has 106 valence electrons. The summed E-state index contributed by atoms with van der Waals surface area (Å²) in [7, 11) is -1.85. The zero-order valence-corrected chi connectivity index (χ0v) is 13.5. The van der Waals surface area contributed by atoms with Gasteiger partial charge < -0.3 is 5.73 Å². The van der Waals surface area contributed by atoms with Gasteiger partial charge in [0.25, 0.3) is 0 Å². The summed E-state index contributed by atoms with van der Waals surface area (Å²) in [6, 6.07) is 5.21. The van der Waals surface area contributed by atoms with E-state index in [1.807, 2.05) is 13.0 Å². The van der Waals surface area contributed by atoms with Crippen molar-refractivity contribution in [2.45, 2.75) is 30.7 Å². The van der Waals surface area contributed by atoms with Crippen molar-refractivity contribution in [1.29, 1.82) is 0 Å². The average molecular weight is 347 g/mol. The van der Waals surface area contributed by atoms with Crippen molar-refractivity contribution in [2.75, 3.05) is 13.6 Å². The van der Waals surface area contributed by atoms with Crippen molar-refractivity contribution in [2.24, 2.45) is 11.7 Å². The number of nitrogens with zero attached hydrogens (tertiary/aromatic N) is 1. The van der Waals surface area contributed by atoms with Crippen LogP contribution in [0.4, 0.5) is 0 Å². The number of aryl methyl sites for hydroxylation is 1. The number of likely N-dealkylation sites (N-methyl/N-ethyl adjacent to an activating group) is 1. The van der Waals surface area contributed by atoms with Gasteiger partial charge >= 0.3 is 0 Å². The molecule has 0 saturated heterocycles. The lowest BCUT2D eigenvalue weighted by Crippen LogP contribution is -2.43. The zero-order valence-electron chi connectivity index (χ0n) is 11.1. The van der Waals surface area contributed by atoms with E-state index in [9.17, 15) is 8.42 Å². The molecule has 1 saturated carbocycles. The Balaban J connectivity index is 2.38. The van der Waals surface area contributed by atoms with Gasteiger partial charge in [-0.05, 0) is 43.4 Å². The number of rotatable bonds is 5. The van der Waals surface area contributed by atoms with Crippen molar-refractivity contribution in [3.63, 3.8) is 0 Å². The quantitative estimate of drug-likeness (QED) is 0.887. The summed E-state index contributed by atoms with van der Waals surface area (Å²) in [6.45, 7) is 2.18. The van der Waals surface area contributed by atoms with E-state index in [0.29, 0.717) is 17.4 Å². The third kappa shape index (κ3) is 3.02. The van der Waals surface area contributed by atoms with Crippen LogP contribution in [0.5, 0.6) is 0 Å². The molecule has 2 N–H and O–H groups in total. The molecule has 6 heteroatoms. The van der Waals surface area contributed by atoms with Gasteiger partial charge in [-0.25, -0.2) is 8.42 Å². The SMILES string of the molecule is Cc1ccc(Br)cc1S(=O)(=O)N(C)C(CN)C1CC1. The molecular weight excluding hydrogens is 328 g/mol. The number of halogens is 1. The first-order valence-electron chi connectivity index (χ1n) is 6.32. The van der Waals surface area contributed by atoms with Crippen molar-refractivity contribution >= 4 is 26.0 Å². The van der Waals surface area contributed by atoms with E-state index < -0.39 is 10.0 Å².